The van der Waals surface area contributed by atoms with Gasteiger partial charge in [-0.05, 0) is 23.8 Å². The number of carbonyl (C=O) groups is 1. The zero-order valence-electron chi connectivity index (χ0n) is 9.95. The summed E-state index contributed by atoms with van der Waals surface area (Å²) in [7, 11) is 0. The zero-order valence-corrected chi connectivity index (χ0v) is 9.95. The largest absolute Gasteiger partial charge is 0.573 e. The molecule has 20 heavy (non-hydrogen) atoms. The first-order valence-corrected chi connectivity index (χ1v) is 5.50. The molecule has 0 N–H and O–H groups in total. The molecular weight excluding hydrogens is 276 g/mol. The van der Waals surface area contributed by atoms with E-state index in [1.54, 1.807) is 0 Å². The lowest BCUT2D eigenvalue weighted by molar-refractivity contribution is -0.274. The van der Waals surface area contributed by atoms with Gasteiger partial charge in [0.25, 0.3) is 0 Å². The second kappa shape index (κ2) is 5.32. The molecule has 0 bridgehead atoms. The molecule has 104 valence electrons. The summed E-state index contributed by atoms with van der Waals surface area (Å²) in [6.45, 7) is 0. The Morgan fingerprint density at radius 1 is 1.05 bits per heavy atom. The highest BCUT2D eigenvalue weighted by atomic mass is 19.4. The number of alkyl halides is 3. The molecule has 0 saturated heterocycles. The van der Waals surface area contributed by atoms with E-state index in [2.05, 4.69) is 4.74 Å². The number of rotatable bonds is 3. The highest BCUT2D eigenvalue weighted by Gasteiger charge is 2.32. The monoisotopic (exact) mass is 284 g/mol. The smallest absolute Gasteiger partial charge is 0.405 e. The van der Waals surface area contributed by atoms with Crippen LogP contribution in [0, 0.1) is 5.82 Å². The van der Waals surface area contributed by atoms with Crippen LogP contribution in [0.5, 0.6) is 5.75 Å². The van der Waals surface area contributed by atoms with Gasteiger partial charge in [-0.25, -0.2) is 4.39 Å². The molecule has 0 aliphatic carbocycles. The SMILES string of the molecule is O=Cc1cc(-c2ccccc2OC(F)(F)F)ccc1F. The van der Waals surface area contributed by atoms with Crippen LogP contribution in [0.1, 0.15) is 10.4 Å². The summed E-state index contributed by atoms with van der Waals surface area (Å²) >= 11 is 0. The Morgan fingerprint density at radius 3 is 2.40 bits per heavy atom. The van der Waals surface area contributed by atoms with Gasteiger partial charge in [0.1, 0.15) is 11.6 Å². The van der Waals surface area contributed by atoms with Gasteiger partial charge in [0.15, 0.2) is 6.29 Å². The quantitative estimate of drug-likeness (QED) is 0.623. The van der Waals surface area contributed by atoms with Crippen molar-refractivity contribution in [2.24, 2.45) is 0 Å². The van der Waals surface area contributed by atoms with E-state index in [9.17, 15) is 22.4 Å². The second-order valence-electron chi connectivity index (χ2n) is 3.90. The molecule has 6 heteroatoms. The Kier molecular flexibility index (Phi) is 3.74. The number of hydrogen-bond acceptors (Lipinski definition) is 2. The van der Waals surface area contributed by atoms with Crippen molar-refractivity contribution < 1.29 is 27.1 Å². The molecule has 0 atom stereocenters. The number of ether oxygens (including phenoxy) is 1. The Hall–Kier alpha value is -2.37. The number of halogens is 4. The molecule has 2 aromatic rings. The highest BCUT2D eigenvalue weighted by molar-refractivity contribution is 5.80. The fourth-order valence-electron chi connectivity index (χ4n) is 1.72. The first-order valence-electron chi connectivity index (χ1n) is 5.50. The van der Waals surface area contributed by atoms with Crippen LogP contribution in [0.15, 0.2) is 42.5 Å². The lowest BCUT2D eigenvalue weighted by Gasteiger charge is -2.13. The van der Waals surface area contributed by atoms with E-state index < -0.39 is 17.9 Å². The summed E-state index contributed by atoms with van der Waals surface area (Å²) in [4.78, 5) is 10.7. The lowest BCUT2D eigenvalue weighted by atomic mass is 10.0. The second-order valence-corrected chi connectivity index (χ2v) is 3.90. The molecule has 0 aliphatic rings. The molecule has 0 fully saturated rings. The Balaban J connectivity index is 2.50. The molecule has 2 nitrogen and oxygen atoms in total. The minimum Gasteiger partial charge on any atom is -0.405 e. The van der Waals surface area contributed by atoms with Crippen molar-refractivity contribution in [3.8, 4) is 16.9 Å². The Bertz CT molecular complexity index is 635. The van der Waals surface area contributed by atoms with Crippen molar-refractivity contribution in [3.63, 3.8) is 0 Å². The molecule has 0 heterocycles. The molecule has 2 aromatic carbocycles. The third kappa shape index (κ3) is 3.14. The Labute approximate surface area is 111 Å². The average molecular weight is 284 g/mol. The van der Waals surface area contributed by atoms with Crippen LogP contribution in [-0.2, 0) is 0 Å². The third-order valence-corrected chi connectivity index (χ3v) is 2.55. The van der Waals surface area contributed by atoms with E-state index in [1.807, 2.05) is 0 Å². The third-order valence-electron chi connectivity index (χ3n) is 2.55. The van der Waals surface area contributed by atoms with Gasteiger partial charge >= 0.3 is 6.36 Å². The highest BCUT2D eigenvalue weighted by Crippen LogP contribution is 2.34. The van der Waals surface area contributed by atoms with Crippen molar-refractivity contribution in [1.29, 1.82) is 0 Å². The van der Waals surface area contributed by atoms with Crippen molar-refractivity contribution in [2.75, 3.05) is 0 Å². The van der Waals surface area contributed by atoms with E-state index in [4.69, 9.17) is 0 Å². The predicted molar refractivity (Wildman–Crippen MR) is 63.9 cm³/mol. The van der Waals surface area contributed by atoms with E-state index >= 15 is 0 Å². The number of carbonyl (C=O) groups excluding carboxylic acids is 1. The van der Waals surface area contributed by atoms with Gasteiger partial charge < -0.3 is 4.74 Å². The van der Waals surface area contributed by atoms with Gasteiger partial charge in [-0.15, -0.1) is 13.2 Å². The van der Waals surface area contributed by atoms with Crippen molar-refractivity contribution in [2.45, 2.75) is 6.36 Å². The fourth-order valence-corrected chi connectivity index (χ4v) is 1.72. The van der Waals surface area contributed by atoms with Crippen molar-refractivity contribution in [1.82, 2.24) is 0 Å². The fraction of sp³-hybridized carbons (Fsp3) is 0.0714. The maximum Gasteiger partial charge on any atom is 0.573 e. The maximum absolute atomic E-state index is 13.2. The Morgan fingerprint density at radius 2 is 1.75 bits per heavy atom. The number of para-hydroxylation sites is 1. The molecule has 0 radical (unpaired) electrons. The molecule has 0 aliphatic heterocycles. The molecule has 0 unspecified atom stereocenters. The zero-order chi connectivity index (χ0) is 14.8. The first-order chi connectivity index (χ1) is 9.40. The van der Waals surface area contributed by atoms with Crippen LogP contribution in [0.2, 0.25) is 0 Å². The predicted octanol–water partition coefficient (Wildman–Crippen LogP) is 4.20. The number of hydrogen-bond donors (Lipinski definition) is 0. The summed E-state index contributed by atoms with van der Waals surface area (Å²) in [6.07, 6.45) is -4.53. The summed E-state index contributed by atoms with van der Waals surface area (Å²) < 4.78 is 54.0. The van der Waals surface area contributed by atoms with Crippen LogP contribution < -0.4 is 4.74 Å². The lowest BCUT2D eigenvalue weighted by Crippen LogP contribution is -2.17. The van der Waals surface area contributed by atoms with E-state index in [0.29, 0.717) is 6.29 Å². The van der Waals surface area contributed by atoms with Gasteiger partial charge in [-0.2, -0.15) is 0 Å². The normalized spacial score (nSPS) is 11.2. The van der Waals surface area contributed by atoms with Gasteiger partial charge in [-0.3, -0.25) is 4.79 Å². The molecule has 2 rings (SSSR count). The average Bonchev–Trinajstić information content (AvgIpc) is 2.38. The van der Waals surface area contributed by atoms with Crippen LogP contribution >= 0.6 is 0 Å². The minimum atomic E-state index is -4.83. The number of aldehydes is 1. The summed E-state index contributed by atoms with van der Waals surface area (Å²) in [5, 5.41) is 0. The van der Waals surface area contributed by atoms with Crippen molar-refractivity contribution in [3.05, 3.63) is 53.8 Å². The van der Waals surface area contributed by atoms with E-state index in [0.717, 1.165) is 12.1 Å². The van der Waals surface area contributed by atoms with Crippen molar-refractivity contribution >= 4 is 6.29 Å². The standard InChI is InChI=1S/C14H8F4O2/c15-12-6-5-9(7-10(12)8-19)11-3-1-2-4-13(11)20-14(16,17)18/h1-8H. The summed E-state index contributed by atoms with van der Waals surface area (Å²) in [6, 6.07) is 8.90. The van der Waals surface area contributed by atoms with Crippen LogP contribution in [0.25, 0.3) is 11.1 Å². The maximum atomic E-state index is 13.2. The molecular formula is C14H8F4O2. The van der Waals surface area contributed by atoms with Gasteiger partial charge in [0, 0.05) is 5.56 Å². The van der Waals surface area contributed by atoms with Gasteiger partial charge in [0.05, 0.1) is 5.56 Å². The van der Waals surface area contributed by atoms with E-state index in [-0.39, 0.29) is 16.7 Å². The topological polar surface area (TPSA) is 26.3 Å². The first kappa shape index (κ1) is 14.0. The van der Waals surface area contributed by atoms with Gasteiger partial charge in [-0.1, -0.05) is 24.3 Å². The molecule has 0 spiro atoms. The minimum absolute atomic E-state index is 0.118. The van der Waals surface area contributed by atoms with Gasteiger partial charge in [0.2, 0.25) is 0 Å². The molecule has 0 amide bonds. The molecule has 0 aromatic heterocycles. The van der Waals surface area contributed by atoms with E-state index in [1.165, 1.54) is 30.3 Å². The van der Waals surface area contributed by atoms with Crippen LogP contribution in [0.4, 0.5) is 17.6 Å². The summed E-state index contributed by atoms with van der Waals surface area (Å²) in [5.41, 5.74) is 0.144. The molecule has 0 saturated carbocycles. The van der Waals surface area contributed by atoms with Crippen LogP contribution in [-0.4, -0.2) is 12.6 Å². The van der Waals surface area contributed by atoms with Crippen LogP contribution in [0.3, 0.4) is 0 Å². The number of benzene rings is 2. The summed E-state index contributed by atoms with van der Waals surface area (Å²) in [5.74, 6) is -1.15.